The second-order valence-electron chi connectivity index (χ2n) is 4.06. The SMILES string of the molecule is C[C@H]1CC[C@H]1COc1ccccc1Br. The first kappa shape index (κ1) is 10.0. The van der Waals surface area contributed by atoms with Crippen LogP contribution in [0.1, 0.15) is 19.8 Å². The maximum Gasteiger partial charge on any atom is 0.133 e. The van der Waals surface area contributed by atoms with Crippen LogP contribution in [0.4, 0.5) is 0 Å². The van der Waals surface area contributed by atoms with Gasteiger partial charge in [0.1, 0.15) is 5.75 Å². The standard InChI is InChI=1S/C12H15BrO/c1-9-6-7-10(9)8-14-12-5-3-2-4-11(12)13/h2-5,9-10H,6-8H2,1H3/t9-,10-/m0/s1. The number of hydrogen-bond acceptors (Lipinski definition) is 1. The van der Waals surface area contributed by atoms with Crippen molar-refractivity contribution in [2.45, 2.75) is 19.8 Å². The van der Waals surface area contributed by atoms with Crippen molar-refractivity contribution in [1.29, 1.82) is 0 Å². The first-order valence-electron chi connectivity index (χ1n) is 5.14. The summed E-state index contributed by atoms with van der Waals surface area (Å²) in [6.07, 6.45) is 2.69. The van der Waals surface area contributed by atoms with E-state index in [0.717, 1.165) is 28.7 Å². The van der Waals surface area contributed by atoms with Crippen molar-refractivity contribution in [3.63, 3.8) is 0 Å². The molecule has 0 spiro atoms. The third kappa shape index (κ3) is 2.11. The monoisotopic (exact) mass is 254 g/mol. The molecule has 0 radical (unpaired) electrons. The van der Waals surface area contributed by atoms with E-state index in [1.165, 1.54) is 12.8 Å². The third-order valence-corrected chi connectivity index (χ3v) is 3.74. The predicted octanol–water partition coefficient (Wildman–Crippen LogP) is 3.87. The van der Waals surface area contributed by atoms with E-state index in [1.54, 1.807) is 0 Å². The summed E-state index contributed by atoms with van der Waals surface area (Å²) in [5, 5.41) is 0. The molecular weight excluding hydrogens is 240 g/mol. The average Bonchev–Trinajstić information content (AvgIpc) is 2.19. The summed E-state index contributed by atoms with van der Waals surface area (Å²) in [6, 6.07) is 8.03. The van der Waals surface area contributed by atoms with Crippen LogP contribution < -0.4 is 4.74 Å². The largest absolute Gasteiger partial charge is 0.492 e. The van der Waals surface area contributed by atoms with Crippen LogP contribution in [0.2, 0.25) is 0 Å². The zero-order valence-electron chi connectivity index (χ0n) is 8.37. The number of hydrogen-bond donors (Lipinski definition) is 0. The first-order chi connectivity index (χ1) is 6.77. The van der Waals surface area contributed by atoms with Crippen LogP contribution in [0, 0.1) is 11.8 Å². The summed E-state index contributed by atoms with van der Waals surface area (Å²) in [7, 11) is 0. The number of ether oxygens (including phenoxy) is 1. The predicted molar refractivity (Wildman–Crippen MR) is 61.5 cm³/mol. The fourth-order valence-corrected chi connectivity index (χ4v) is 2.14. The van der Waals surface area contributed by atoms with Gasteiger partial charge in [0.2, 0.25) is 0 Å². The van der Waals surface area contributed by atoms with Gasteiger partial charge in [-0.25, -0.2) is 0 Å². The molecule has 1 saturated carbocycles. The second kappa shape index (κ2) is 4.35. The molecule has 1 aliphatic rings. The van der Waals surface area contributed by atoms with Gasteiger partial charge < -0.3 is 4.74 Å². The lowest BCUT2D eigenvalue weighted by Gasteiger charge is -2.33. The Kier molecular flexibility index (Phi) is 3.12. The summed E-state index contributed by atoms with van der Waals surface area (Å²) < 4.78 is 6.81. The Labute approximate surface area is 93.6 Å². The van der Waals surface area contributed by atoms with Crippen LogP contribution in [0.25, 0.3) is 0 Å². The van der Waals surface area contributed by atoms with E-state index in [0.29, 0.717) is 0 Å². The highest BCUT2D eigenvalue weighted by Gasteiger charge is 2.27. The smallest absolute Gasteiger partial charge is 0.133 e. The minimum absolute atomic E-state index is 0.766. The van der Waals surface area contributed by atoms with Crippen LogP contribution in [0.15, 0.2) is 28.7 Å². The fraction of sp³-hybridized carbons (Fsp3) is 0.500. The molecule has 76 valence electrons. The van der Waals surface area contributed by atoms with Crippen molar-refractivity contribution < 1.29 is 4.74 Å². The van der Waals surface area contributed by atoms with E-state index < -0.39 is 0 Å². The lowest BCUT2D eigenvalue weighted by atomic mass is 9.75. The topological polar surface area (TPSA) is 9.23 Å². The van der Waals surface area contributed by atoms with Crippen molar-refractivity contribution in [3.05, 3.63) is 28.7 Å². The Balaban J connectivity index is 1.88. The molecule has 0 aromatic heterocycles. The van der Waals surface area contributed by atoms with E-state index in [1.807, 2.05) is 24.3 Å². The van der Waals surface area contributed by atoms with Gasteiger partial charge in [-0.3, -0.25) is 0 Å². The molecule has 0 N–H and O–H groups in total. The number of rotatable bonds is 3. The molecule has 1 aromatic carbocycles. The normalized spacial score (nSPS) is 25.6. The maximum absolute atomic E-state index is 5.76. The Morgan fingerprint density at radius 2 is 2.14 bits per heavy atom. The highest BCUT2D eigenvalue weighted by atomic mass is 79.9. The van der Waals surface area contributed by atoms with Crippen molar-refractivity contribution in [2.24, 2.45) is 11.8 Å². The second-order valence-corrected chi connectivity index (χ2v) is 4.91. The maximum atomic E-state index is 5.76. The summed E-state index contributed by atoms with van der Waals surface area (Å²) >= 11 is 3.48. The number of benzene rings is 1. The fourth-order valence-electron chi connectivity index (χ4n) is 1.74. The molecule has 0 amide bonds. The Bertz CT molecular complexity index is 311. The molecule has 1 nitrogen and oxygen atoms in total. The van der Waals surface area contributed by atoms with Gasteiger partial charge in [-0.05, 0) is 52.7 Å². The molecule has 0 unspecified atom stereocenters. The van der Waals surface area contributed by atoms with Crippen molar-refractivity contribution in [1.82, 2.24) is 0 Å². The lowest BCUT2D eigenvalue weighted by Crippen LogP contribution is -2.28. The van der Waals surface area contributed by atoms with E-state index in [2.05, 4.69) is 22.9 Å². The van der Waals surface area contributed by atoms with Gasteiger partial charge in [0.05, 0.1) is 11.1 Å². The van der Waals surface area contributed by atoms with Gasteiger partial charge >= 0.3 is 0 Å². The van der Waals surface area contributed by atoms with Crippen LogP contribution in [0.3, 0.4) is 0 Å². The molecule has 0 saturated heterocycles. The molecule has 0 aliphatic heterocycles. The summed E-state index contributed by atoms with van der Waals surface area (Å²) in [5.41, 5.74) is 0. The van der Waals surface area contributed by atoms with Crippen LogP contribution in [0.5, 0.6) is 5.75 Å². The Morgan fingerprint density at radius 1 is 1.36 bits per heavy atom. The van der Waals surface area contributed by atoms with Crippen LogP contribution >= 0.6 is 15.9 Å². The molecule has 1 aliphatic carbocycles. The minimum atomic E-state index is 0.766. The summed E-state index contributed by atoms with van der Waals surface area (Å²) in [4.78, 5) is 0. The molecular formula is C12H15BrO. The molecule has 0 heterocycles. The van der Waals surface area contributed by atoms with E-state index in [4.69, 9.17) is 4.74 Å². The highest BCUT2D eigenvalue weighted by Crippen LogP contribution is 2.34. The van der Waals surface area contributed by atoms with Gasteiger partial charge in [0, 0.05) is 0 Å². The summed E-state index contributed by atoms with van der Waals surface area (Å²) in [6.45, 7) is 3.17. The number of halogens is 1. The Morgan fingerprint density at radius 3 is 2.71 bits per heavy atom. The molecule has 1 aromatic rings. The number of para-hydroxylation sites is 1. The average molecular weight is 255 g/mol. The van der Waals surface area contributed by atoms with Crippen molar-refractivity contribution >= 4 is 15.9 Å². The quantitative estimate of drug-likeness (QED) is 0.796. The van der Waals surface area contributed by atoms with E-state index in [-0.39, 0.29) is 0 Å². The van der Waals surface area contributed by atoms with Gasteiger partial charge in [0.15, 0.2) is 0 Å². The van der Waals surface area contributed by atoms with E-state index >= 15 is 0 Å². The zero-order chi connectivity index (χ0) is 9.97. The van der Waals surface area contributed by atoms with Crippen molar-refractivity contribution in [2.75, 3.05) is 6.61 Å². The molecule has 14 heavy (non-hydrogen) atoms. The van der Waals surface area contributed by atoms with Gasteiger partial charge in [-0.1, -0.05) is 19.1 Å². The van der Waals surface area contributed by atoms with Crippen LogP contribution in [-0.4, -0.2) is 6.61 Å². The molecule has 2 rings (SSSR count). The molecule has 2 heteroatoms. The zero-order valence-corrected chi connectivity index (χ0v) is 9.96. The first-order valence-corrected chi connectivity index (χ1v) is 5.94. The van der Waals surface area contributed by atoms with E-state index in [9.17, 15) is 0 Å². The summed E-state index contributed by atoms with van der Waals surface area (Å²) in [5.74, 6) is 2.58. The molecule has 0 bridgehead atoms. The lowest BCUT2D eigenvalue weighted by molar-refractivity contribution is 0.116. The molecule has 1 fully saturated rings. The van der Waals surface area contributed by atoms with Gasteiger partial charge in [0.25, 0.3) is 0 Å². The Hall–Kier alpha value is -0.500. The van der Waals surface area contributed by atoms with Gasteiger partial charge in [-0.2, -0.15) is 0 Å². The highest BCUT2D eigenvalue weighted by molar-refractivity contribution is 9.10. The minimum Gasteiger partial charge on any atom is -0.492 e. The molecule has 2 atom stereocenters. The van der Waals surface area contributed by atoms with Crippen LogP contribution in [-0.2, 0) is 0 Å². The third-order valence-electron chi connectivity index (χ3n) is 3.09. The van der Waals surface area contributed by atoms with Crippen molar-refractivity contribution in [3.8, 4) is 5.75 Å². The van der Waals surface area contributed by atoms with Gasteiger partial charge in [-0.15, -0.1) is 0 Å².